The summed E-state index contributed by atoms with van der Waals surface area (Å²) in [6.45, 7) is 1.54. The average Bonchev–Trinajstić information content (AvgIpc) is 3.05. The van der Waals surface area contributed by atoms with Crippen molar-refractivity contribution < 1.29 is 27.9 Å². The Morgan fingerprint density at radius 2 is 1.79 bits per heavy atom. The van der Waals surface area contributed by atoms with E-state index < -0.39 is 24.2 Å². The highest BCUT2D eigenvalue weighted by Gasteiger charge is 2.62. The van der Waals surface area contributed by atoms with Crippen molar-refractivity contribution in [3.8, 4) is 0 Å². The standard InChI is InChI=1S/C18H11Cl3F3NO3/c1-8-4-9(2-3-11(8)16(26)27)14-7-17(28-25-14,18(22,23)24)10-5-12(19)15(21)13(20)6-10/h2-6H,7H2,1H3,(H,26,27). The van der Waals surface area contributed by atoms with Crippen molar-refractivity contribution in [1.29, 1.82) is 0 Å². The van der Waals surface area contributed by atoms with Gasteiger partial charge in [-0.2, -0.15) is 13.2 Å². The van der Waals surface area contributed by atoms with E-state index in [-0.39, 0.29) is 31.9 Å². The number of alkyl halides is 3. The summed E-state index contributed by atoms with van der Waals surface area (Å²) < 4.78 is 42.0. The highest BCUT2D eigenvalue weighted by Crippen LogP contribution is 2.50. The molecule has 1 aliphatic heterocycles. The summed E-state index contributed by atoms with van der Waals surface area (Å²) in [6.07, 6.45) is -5.48. The molecule has 4 nitrogen and oxygen atoms in total. The van der Waals surface area contributed by atoms with Crippen LogP contribution < -0.4 is 0 Å². The van der Waals surface area contributed by atoms with Gasteiger partial charge in [0, 0.05) is 12.0 Å². The van der Waals surface area contributed by atoms with Crippen molar-refractivity contribution in [2.45, 2.75) is 25.1 Å². The van der Waals surface area contributed by atoms with Gasteiger partial charge in [0.1, 0.15) is 0 Å². The second kappa shape index (κ2) is 7.13. The molecule has 0 fully saturated rings. The van der Waals surface area contributed by atoms with Crippen LogP contribution in [-0.4, -0.2) is 23.0 Å². The molecule has 2 aromatic rings. The molecule has 0 radical (unpaired) electrons. The lowest BCUT2D eigenvalue weighted by molar-refractivity contribution is -0.275. The first-order valence-corrected chi connectivity index (χ1v) is 8.91. The topological polar surface area (TPSA) is 58.9 Å². The van der Waals surface area contributed by atoms with Crippen molar-refractivity contribution in [3.63, 3.8) is 0 Å². The van der Waals surface area contributed by atoms with Gasteiger partial charge in [-0.25, -0.2) is 4.79 Å². The first kappa shape index (κ1) is 20.8. The predicted octanol–water partition coefficient (Wildman–Crippen LogP) is 6.24. The zero-order chi connectivity index (χ0) is 20.9. The molecule has 0 aromatic heterocycles. The minimum Gasteiger partial charge on any atom is -0.478 e. The second-order valence-corrected chi connectivity index (χ2v) is 7.41. The summed E-state index contributed by atoms with van der Waals surface area (Å²) in [5.41, 5.74) is -2.37. The van der Waals surface area contributed by atoms with E-state index in [1.165, 1.54) is 18.2 Å². The van der Waals surface area contributed by atoms with E-state index in [0.29, 0.717) is 11.1 Å². The number of rotatable bonds is 3. The van der Waals surface area contributed by atoms with Gasteiger partial charge in [-0.3, -0.25) is 0 Å². The maximum atomic E-state index is 14.0. The maximum Gasteiger partial charge on any atom is 0.435 e. The smallest absolute Gasteiger partial charge is 0.435 e. The number of aryl methyl sites for hydroxylation is 1. The molecule has 1 heterocycles. The van der Waals surface area contributed by atoms with Crippen LogP contribution in [0.3, 0.4) is 0 Å². The van der Waals surface area contributed by atoms with Crippen molar-refractivity contribution in [1.82, 2.24) is 0 Å². The van der Waals surface area contributed by atoms with Gasteiger partial charge in [0.2, 0.25) is 0 Å². The molecule has 3 rings (SSSR count). The molecule has 0 saturated carbocycles. The SMILES string of the molecule is Cc1cc(C2=NOC(c3cc(Cl)c(Cl)c(Cl)c3)(C(F)(F)F)C2)ccc1C(=O)O. The number of hydrogen-bond donors (Lipinski definition) is 1. The molecular weight excluding hydrogens is 442 g/mol. The van der Waals surface area contributed by atoms with Crippen LogP contribution in [0.4, 0.5) is 13.2 Å². The van der Waals surface area contributed by atoms with E-state index in [4.69, 9.17) is 44.7 Å². The number of oxime groups is 1. The zero-order valence-corrected chi connectivity index (χ0v) is 16.3. The molecule has 0 spiro atoms. The van der Waals surface area contributed by atoms with Crippen LogP contribution in [0.2, 0.25) is 15.1 Å². The monoisotopic (exact) mass is 451 g/mol. The van der Waals surface area contributed by atoms with E-state index in [1.807, 2.05) is 0 Å². The third-order valence-electron chi connectivity index (χ3n) is 4.43. The van der Waals surface area contributed by atoms with Crippen LogP contribution in [0.15, 0.2) is 35.5 Å². The Bertz CT molecular complexity index is 984. The molecule has 1 N–H and O–H groups in total. The second-order valence-electron chi connectivity index (χ2n) is 6.22. The molecule has 0 bridgehead atoms. The summed E-state index contributed by atoms with van der Waals surface area (Å²) in [6, 6.07) is 6.22. The number of halogens is 6. The fourth-order valence-corrected chi connectivity index (χ4v) is 3.53. The van der Waals surface area contributed by atoms with Crippen LogP contribution in [0, 0.1) is 6.92 Å². The first-order chi connectivity index (χ1) is 13.0. The largest absolute Gasteiger partial charge is 0.478 e. The van der Waals surface area contributed by atoms with E-state index in [2.05, 4.69) is 5.16 Å². The molecule has 0 amide bonds. The Hall–Kier alpha value is -1.96. The number of carboxylic acids is 1. The lowest BCUT2D eigenvalue weighted by Gasteiger charge is -2.30. The molecule has 1 atom stereocenters. The molecule has 148 valence electrons. The van der Waals surface area contributed by atoms with Gasteiger partial charge in [-0.15, -0.1) is 0 Å². The Kier molecular flexibility index (Phi) is 5.29. The minimum absolute atomic E-state index is 0.0135. The van der Waals surface area contributed by atoms with Crippen LogP contribution in [-0.2, 0) is 10.4 Å². The molecule has 0 aliphatic carbocycles. The Labute approximate surface area is 172 Å². The number of aromatic carboxylic acids is 1. The van der Waals surface area contributed by atoms with Gasteiger partial charge in [0.15, 0.2) is 0 Å². The molecule has 28 heavy (non-hydrogen) atoms. The summed E-state index contributed by atoms with van der Waals surface area (Å²) in [7, 11) is 0. The molecule has 0 saturated heterocycles. The molecule has 2 aromatic carbocycles. The fourth-order valence-electron chi connectivity index (χ4n) is 2.93. The lowest BCUT2D eigenvalue weighted by Crippen LogP contribution is -2.42. The van der Waals surface area contributed by atoms with Gasteiger partial charge in [-0.1, -0.05) is 46.0 Å². The first-order valence-electron chi connectivity index (χ1n) is 7.77. The van der Waals surface area contributed by atoms with Crippen LogP contribution in [0.5, 0.6) is 0 Å². The maximum absolute atomic E-state index is 14.0. The summed E-state index contributed by atoms with van der Waals surface area (Å²) in [5, 5.41) is 12.4. The lowest BCUT2D eigenvalue weighted by atomic mass is 9.86. The quantitative estimate of drug-likeness (QED) is 0.561. The predicted molar refractivity (Wildman–Crippen MR) is 99.6 cm³/mol. The highest BCUT2D eigenvalue weighted by molar-refractivity contribution is 6.48. The van der Waals surface area contributed by atoms with E-state index >= 15 is 0 Å². The van der Waals surface area contributed by atoms with Crippen molar-refractivity contribution >= 4 is 46.5 Å². The number of benzene rings is 2. The van der Waals surface area contributed by atoms with Gasteiger partial charge in [0.05, 0.1) is 26.3 Å². The molecule has 1 unspecified atom stereocenters. The van der Waals surface area contributed by atoms with Crippen LogP contribution in [0.1, 0.15) is 33.5 Å². The Balaban J connectivity index is 2.04. The number of hydrogen-bond acceptors (Lipinski definition) is 3. The Morgan fingerprint density at radius 3 is 2.29 bits per heavy atom. The van der Waals surface area contributed by atoms with Gasteiger partial charge < -0.3 is 9.94 Å². The van der Waals surface area contributed by atoms with Gasteiger partial charge >= 0.3 is 12.1 Å². The van der Waals surface area contributed by atoms with Crippen molar-refractivity contribution in [2.75, 3.05) is 0 Å². The van der Waals surface area contributed by atoms with Crippen LogP contribution in [0.25, 0.3) is 0 Å². The molecular formula is C18H11Cl3F3NO3. The van der Waals surface area contributed by atoms with Crippen molar-refractivity contribution in [2.24, 2.45) is 5.16 Å². The van der Waals surface area contributed by atoms with E-state index in [9.17, 15) is 18.0 Å². The van der Waals surface area contributed by atoms with E-state index in [1.54, 1.807) is 6.92 Å². The summed E-state index contributed by atoms with van der Waals surface area (Å²) in [5.74, 6) is -1.14. The summed E-state index contributed by atoms with van der Waals surface area (Å²) in [4.78, 5) is 16.0. The third kappa shape index (κ3) is 3.43. The molecule has 10 heteroatoms. The molecule has 1 aliphatic rings. The van der Waals surface area contributed by atoms with E-state index in [0.717, 1.165) is 12.1 Å². The number of nitrogens with zero attached hydrogens (tertiary/aromatic N) is 1. The van der Waals surface area contributed by atoms with Crippen LogP contribution >= 0.6 is 34.8 Å². The van der Waals surface area contributed by atoms with Gasteiger partial charge in [0.25, 0.3) is 5.60 Å². The normalized spacial score (nSPS) is 19.3. The summed E-state index contributed by atoms with van der Waals surface area (Å²) >= 11 is 17.6. The fraction of sp³-hybridized carbons (Fsp3) is 0.222. The minimum atomic E-state index is -4.84. The average molecular weight is 453 g/mol. The third-order valence-corrected chi connectivity index (χ3v) is 5.62. The number of carbonyl (C=O) groups is 1. The Morgan fingerprint density at radius 1 is 1.18 bits per heavy atom. The van der Waals surface area contributed by atoms with Gasteiger partial charge in [-0.05, 0) is 42.3 Å². The zero-order valence-electron chi connectivity index (χ0n) is 14.1. The number of carboxylic acid groups (broad SMARTS) is 1. The van der Waals surface area contributed by atoms with Crippen molar-refractivity contribution in [3.05, 3.63) is 67.7 Å². The highest BCUT2D eigenvalue weighted by atomic mass is 35.5.